The third-order valence-corrected chi connectivity index (χ3v) is 10.2. The number of methoxy groups -OCH3 is 1. The molecule has 6 rings (SSSR count). The summed E-state index contributed by atoms with van der Waals surface area (Å²) in [5.41, 5.74) is 1.71. The van der Waals surface area contributed by atoms with Gasteiger partial charge in [0.05, 0.1) is 23.7 Å². The van der Waals surface area contributed by atoms with Crippen molar-refractivity contribution in [2.24, 2.45) is 5.92 Å². The van der Waals surface area contributed by atoms with Crippen LogP contribution in [0.1, 0.15) is 16.4 Å². The number of nitrogens with one attached hydrogen (secondary N) is 1. The van der Waals surface area contributed by atoms with Crippen LogP contribution in [-0.4, -0.2) is 39.8 Å². The van der Waals surface area contributed by atoms with Crippen LogP contribution < -0.4 is 19.8 Å². The van der Waals surface area contributed by atoms with Gasteiger partial charge in [0.25, 0.3) is 0 Å². The van der Waals surface area contributed by atoms with Crippen molar-refractivity contribution in [3.05, 3.63) is 97.4 Å². The Hall–Kier alpha value is -3.87. The van der Waals surface area contributed by atoms with E-state index in [1.807, 2.05) is 24.3 Å². The van der Waals surface area contributed by atoms with Crippen LogP contribution in [0.4, 0.5) is 11.4 Å². The minimum Gasteiger partial charge on any atom is -0.508 e. The molecule has 0 spiro atoms. The maximum absolute atomic E-state index is 14.0. The van der Waals surface area contributed by atoms with Crippen LogP contribution in [0, 0.1) is 5.92 Å². The topological polar surface area (TPSA) is 118 Å². The van der Waals surface area contributed by atoms with E-state index in [1.54, 1.807) is 36.4 Å². The molecule has 4 aromatic rings. The Bertz CT molecular complexity index is 1720. The molecule has 1 saturated heterocycles. The Morgan fingerprint density at radius 2 is 1.66 bits per heavy atom. The van der Waals surface area contributed by atoms with E-state index < -0.39 is 23.0 Å². The molecule has 3 atom stereocenters. The molecule has 3 amide bonds. The Labute approximate surface area is 250 Å². The number of nitrogens with zero attached hydrogens (tertiary/aromatic N) is 2. The number of aromatic nitrogens is 1. The third kappa shape index (κ3) is 4.96. The summed E-state index contributed by atoms with van der Waals surface area (Å²) in [6.45, 7) is -0.271. The molecular weight excluding hydrogens is 630 g/mol. The molecule has 3 heterocycles. The third-order valence-electron chi connectivity index (χ3n) is 7.06. The maximum atomic E-state index is 14.0. The number of rotatable bonds is 6. The summed E-state index contributed by atoms with van der Waals surface area (Å²) in [7, 11) is 1.54. The lowest BCUT2D eigenvalue weighted by Gasteiger charge is -2.30. The normalized spacial score (nSPS) is 19.6. The van der Waals surface area contributed by atoms with Crippen molar-refractivity contribution in [2.75, 3.05) is 17.3 Å². The number of hydrogen-bond donors (Lipinski definition) is 2. The first-order chi connectivity index (χ1) is 19.7. The molecule has 41 heavy (non-hydrogen) atoms. The van der Waals surface area contributed by atoms with Crippen molar-refractivity contribution in [1.29, 1.82) is 0 Å². The molecule has 0 aliphatic carbocycles. The number of phenolic OH excluding ortho intramolecular Hbond substituents is 1. The predicted molar refractivity (Wildman–Crippen MR) is 160 cm³/mol. The quantitative estimate of drug-likeness (QED) is 0.227. The van der Waals surface area contributed by atoms with Crippen molar-refractivity contribution in [1.82, 2.24) is 4.57 Å². The van der Waals surface area contributed by atoms with Gasteiger partial charge in [-0.3, -0.25) is 23.7 Å². The van der Waals surface area contributed by atoms with Crippen molar-refractivity contribution in [2.45, 2.75) is 22.7 Å². The van der Waals surface area contributed by atoms with Crippen molar-refractivity contribution < 1.29 is 24.2 Å². The van der Waals surface area contributed by atoms with Crippen LogP contribution in [0.15, 0.2) is 87.1 Å². The molecule has 9 nitrogen and oxygen atoms in total. The first-order valence-corrected chi connectivity index (χ1v) is 15.0. The monoisotopic (exact) mass is 651 g/mol. The van der Waals surface area contributed by atoms with E-state index in [9.17, 15) is 24.3 Å². The predicted octanol–water partition coefficient (Wildman–Crippen LogP) is 4.82. The number of fused-ring (bicyclic) bond motifs is 2. The van der Waals surface area contributed by atoms with E-state index in [4.69, 9.17) is 4.74 Å². The highest BCUT2D eigenvalue weighted by Crippen LogP contribution is 2.54. The fourth-order valence-corrected chi connectivity index (χ4v) is 8.20. The Morgan fingerprint density at radius 3 is 2.32 bits per heavy atom. The number of carbonyl (C=O) groups is 3. The molecule has 0 bridgehead atoms. The van der Waals surface area contributed by atoms with E-state index in [0.29, 0.717) is 27.0 Å². The molecule has 1 fully saturated rings. The van der Waals surface area contributed by atoms with Gasteiger partial charge in [0.15, 0.2) is 0 Å². The van der Waals surface area contributed by atoms with E-state index in [2.05, 4.69) is 21.2 Å². The summed E-state index contributed by atoms with van der Waals surface area (Å²) in [6.07, 6.45) is 0. The van der Waals surface area contributed by atoms with Gasteiger partial charge < -0.3 is 15.2 Å². The molecule has 2 N–H and O–H groups in total. The second kappa shape index (κ2) is 10.8. The van der Waals surface area contributed by atoms with Gasteiger partial charge in [-0.2, -0.15) is 0 Å². The molecule has 12 heteroatoms. The van der Waals surface area contributed by atoms with Crippen LogP contribution >= 0.6 is 39.0 Å². The van der Waals surface area contributed by atoms with Gasteiger partial charge >= 0.3 is 4.87 Å². The average Bonchev–Trinajstić information content (AvgIpc) is 3.41. The SMILES string of the molecule is COc1ccc(N2C(=O)C3Sc4c(sc(=O)n4CC(=O)Nc4ccc(O)cc4)[C@H](c4ccc(Br)cc4)C3C2=O)cc1. The number of aromatic hydroxyl groups is 1. The number of imide groups is 1. The first kappa shape index (κ1) is 27.3. The van der Waals surface area contributed by atoms with Gasteiger partial charge in [0.1, 0.15) is 23.3 Å². The summed E-state index contributed by atoms with van der Waals surface area (Å²) in [4.78, 5) is 55.5. The van der Waals surface area contributed by atoms with Crippen LogP contribution in [0.2, 0.25) is 0 Å². The smallest absolute Gasteiger partial charge is 0.308 e. The van der Waals surface area contributed by atoms with E-state index in [1.165, 1.54) is 28.7 Å². The summed E-state index contributed by atoms with van der Waals surface area (Å²) in [6, 6.07) is 20.2. The molecule has 2 aliphatic rings. The Morgan fingerprint density at radius 1 is 0.976 bits per heavy atom. The van der Waals surface area contributed by atoms with Crippen molar-refractivity contribution in [3.8, 4) is 11.5 Å². The lowest BCUT2D eigenvalue weighted by molar-refractivity contribution is -0.122. The Kier molecular flexibility index (Phi) is 7.22. The second-order valence-corrected chi connectivity index (χ2v) is 12.6. The second-order valence-electron chi connectivity index (χ2n) is 9.52. The standard InChI is InChI=1S/C29H22BrN3O6S2/c1-39-20-12-8-18(9-13-20)33-26(36)23-22(15-2-4-16(30)5-3-15)25-28(40-24(23)27(33)37)32(29(38)41-25)14-21(35)31-17-6-10-19(34)11-7-17/h2-13,22-24,34H,14H2,1H3,(H,31,35)/t22-,23?,24?/m1/s1. The summed E-state index contributed by atoms with van der Waals surface area (Å²) in [5, 5.41) is 12.0. The van der Waals surface area contributed by atoms with E-state index in [-0.39, 0.29) is 29.0 Å². The zero-order chi connectivity index (χ0) is 28.8. The number of amides is 3. The van der Waals surface area contributed by atoms with Gasteiger partial charge in [-0.1, -0.05) is 51.2 Å². The van der Waals surface area contributed by atoms with Gasteiger partial charge in [-0.25, -0.2) is 4.90 Å². The molecule has 0 saturated carbocycles. The lowest BCUT2D eigenvalue weighted by atomic mass is 9.83. The highest BCUT2D eigenvalue weighted by atomic mass is 79.9. The number of anilines is 2. The highest BCUT2D eigenvalue weighted by molar-refractivity contribution is 9.10. The van der Waals surface area contributed by atoms with Crippen LogP contribution in [0.25, 0.3) is 0 Å². The number of hydrogen-bond acceptors (Lipinski definition) is 8. The van der Waals surface area contributed by atoms with Gasteiger partial charge in [-0.15, -0.1) is 0 Å². The summed E-state index contributed by atoms with van der Waals surface area (Å²) >= 11 is 5.60. The Balaban J connectivity index is 1.39. The average molecular weight is 653 g/mol. The van der Waals surface area contributed by atoms with Gasteiger partial charge in [-0.05, 0) is 66.2 Å². The fraction of sp³-hybridized carbons (Fsp3) is 0.172. The molecule has 0 radical (unpaired) electrons. The zero-order valence-corrected chi connectivity index (χ0v) is 24.7. The van der Waals surface area contributed by atoms with Gasteiger partial charge in [0, 0.05) is 21.0 Å². The number of thiazole rings is 1. The zero-order valence-electron chi connectivity index (χ0n) is 21.4. The number of benzene rings is 3. The first-order valence-electron chi connectivity index (χ1n) is 12.5. The minimum atomic E-state index is -0.786. The number of thioether (sulfide) groups is 1. The van der Waals surface area contributed by atoms with Crippen LogP contribution in [-0.2, 0) is 20.9 Å². The lowest BCUT2D eigenvalue weighted by Crippen LogP contribution is -2.33. The van der Waals surface area contributed by atoms with Crippen molar-refractivity contribution >= 4 is 68.1 Å². The van der Waals surface area contributed by atoms with Crippen LogP contribution in [0.5, 0.6) is 11.5 Å². The number of ether oxygens (including phenoxy) is 1. The van der Waals surface area contributed by atoms with E-state index in [0.717, 1.165) is 33.1 Å². The number of phenols is 1. The van der Waals surface area contributed by atoms with Crippen LogP contribution in [0.3, 0.4) is 0 Å². The molecule has 2 aliphatic heterocycles. The summed E-state index contributed by atoms with van der Waals surface area (Å²) in [5.74, 6) is -1.77. The molecule has 2 unspecified atom stereocenters. The largest absolute Gasteiger partial charge is 0.508 e. The minimum absolute atomic E-state index is 0.0653. The number of carbonyl (C=O) groups excluding carboxylic acids is 3. The maximum Gasteiger partial charge on any atom is 0.308 e. The van der Waals surface area contributed by atoms with Gasteiger partial charge in [0.2, 0.25) is 17.7 Å². The van der Waals surface area contributed by atoms with Crippen molar-refractivity contribution in [3.63, 3.8) is 0 Å². The highest BCUT2D eigenvalue weighted by Gasteiger charge is 2.56. The number of halogens is 1. The summed E-state index contributed by atoms with van der Waals surface area (Å²) < 4.78 is 7.45. The molecule has 3 aromatic carbocycles. The molecule has 208 valence electrons. The van der Waals surface area contributed by atoms with E-state index >= 15 is 0 Å². The molecular formula is C29H22BrN3O6S2. The fourth-order valence-electron chi connectivity index (χ4n) is 5.16. The molecule has 1 aromatic heterocycles.